The van der Waals surface area contributed by atoms with Crippen LogP contribution in [0, 0.1) is 6.42 Å². The Morgan fingerprint density at radius 3 is 2.69 bits per heavy atom. The number of carbonyl (C=O) groups excluding carboxylic acids is 1. The van der Waals surface area contributed by atoms with Crippen LogP contribution in [0.5, 0.6) is 0 Å². The Bertz CT molecular complexity index is 277. The van der Waals surface area contributed by atoms with E-state index in [0.29, 0.717) is 0 Å². The van der Waals surface area contributed by atoms with Gasteiger partial charge in [0.25, 0.3) is 0 Å². The highest BCUT2D eigenvalue weighted by Crippen LogP contribution is 2.02. The molecule has 2 heteroatoms. The summed E-state index contributed by atoms with van der Waals surface area (Å²) in [5.41, 5.74) is 0.844. The Morgan fingerprint density at radius 2 is 2.08 bits per heavy atom. The summed E-state index contributed by atoms with van der Waals surface area (Å²) in [7, 11) is 0. The zero-order valence-electron chi connectivity index (χ0n) is 7.27. The molecule has 0 amide bonds. The predicted molar refractivity (Wildman–Crippen MR) is 51.0 cm³/mol. The summed E-state index contributed by atoms with van der Waals surface area (Å²) in [6.07, 6.45) is 2.99. The summed E-state index contributed by atoms with van der Waals surface area (Å²) in [6, 6.07) is 9.32. The van der Waals surface area contributed by atoms with Crippen molar-refractivity contribution in [3.05, 3.63) is 55.0 Å². The third-order valence-corrected chi connectivity index (χ3v) is 1.43. The Hall–Kier alpha value is -1.57. The molecule has 1 aromatic rings. The van der Waals surface area contributed by atoms with Crippen molar-refractivity contribution in [1.29, 1.82) is 0 Å². The third kappa shape index (κ3) is 3.56. The molecule has 0 unspecified atom stereocenters. The molecule has 13 heavy (non-hydrogen) atoms. The molecule has 0 aliphatic rings. The van der Waals surface area contributed by atoms with Crippen molar-refractivity contribution in [1.82, 2.24) is 0 Å². The molecule has 1 aromatic carbocycles. The third-order valence-electron chi connectivity index (χ3n) is 1.43. The van der Waals surface area contributed by atoms with Gasteiger partial charge >= 0.3 is 5.97 Å². The SMILES string of the molecule is C=CCOC(=O)[CH]c1ccccc1. The van der Waals surface area contributed by atoms with Gasteiger partial charge in [0.15, 0.2) is 0 Å². The molecule has 0 saturated heterocycles. The van der Waals surface area contributed by atoms with Gasteiger partial charge in [0.05, 0.1) is 6.42 Å². The molecule has 67 valence electrons. The predicted octanol–water partition coefficient (Wildman–Crippen LogP) is 1.97. The van der Waals surface area contributed by atoms with Gasteiger partial charge in [-0.05, 0) is 5.56 Å². The van der Waals surface area contributed by atoms with Crippen LogP contribution in [-0.2, 0) is 9.53 Å². The number of ether oxygens (including phenoxy) is 1. The number of rotatable bonds is 4. The van der Waals surface area contributed by atoms with E-state index in [1.54, 1.807) is 0 Å². The highest BCUT2D eigenvalue weighted by Gasteiger charge is 2.02. The fourth-order valence-electron chi connectivity index (χ4n) is 0.868. The van der Waals surface area contributed by atoms with E-state index >= 15 is 0 Å². The molecule has 0 aliphatic carbocycles. The molecule has 0 aliphatic heterocycles. The first-order valence-electron chi connectivity index (χ1n) is 4.00. The zero-order chi connectivity index (χ0) is 9.52. The molecule has 1 rings (SSSR count). The lowest BCUT2D eigenvalue weighted by Crippen LogP contribution is -2.05. The molecular formula is C11H11O2. The van der Waals surface area contributed by atoms with Gasteiger partial charge in [-0.3, -0.25) is 4.79 Å². The first-order chi connectivity index (χ1) is 6.33. The molecule has 0 fully saturated rings. The van der Waals surface area contributed by atoms with Crippen LogP contribution in [0.15, 0.2) is 43.0 Å². The molecule has 1 radical (unpaired) electrons. The van der Waals surface area contributed by atoms with E-state index in [0.717, 1.165) is 5.56 Å². The van der Waals surface area contributed by atoms with Gasteiger partial charge in [-0.25, -0.2) is 0 Å². The number of carbonyl (C=O) groups is 1. The normalized spacial score (nSPS) is 9.23. The minimum absolute atomic E-state index is 0.252. The molecular weight excluding hydrogens is 164 g/mol. The topological polar surface area (TPSA) is 26.3 Å². The van der Waals surface area contributed by atoms with Gasteiger partial charge in [0.1, 0.15) is 6.61 Å². The Labute approximate surface area is 77.8 Å². The largest absolute Gasteiger partial charge is 0.461 e. The average molecular weight is 175 g/mol. The van der Waals surface area contributed by atoms with Crippen LogP contribution in [0.4, 0.5) is 0 Å². The second-order valence-electron chi connectivity index (χ2n) is 2.47. The Morgan fingerprint density at radius 1 is 1.38 bits per heavy atom. The van der Waals surface area contributed by atoms with Crippen LogP contribution >= 0.6 is 0 Å². The van der Waals surface area contributed by atoms with Crippen molar-refractivity contribution in [2.24, 2.45) is 0 Å². The number of benzene rings is 1. The van der Waals surface area contributed by atoms with Crippen molar-refractivity contribution < 1.29 is 9.53 Å². The van der Waals surface area contributed by atoms with Crippen LogP contribution in [0.1, 0.15) is 5.56 Å². The van der Waals surface area contributed by atoms with Gasteiger partial charge < -0.3 is 4.74 Å². The van der Waals surface area contributed by atoms with Crippen molar-refractivity contribution in [3.8, 4) is 0 Å². The number of esters is 1. The highest BCUT2D eigenvalue weighted by molar-refractivity contribution is 5.83. The molecule has 0 aromatic heterocycles. The van der Waals surface area contributed by atoms with Gasteiger partial charge in [-0.1, -0.05) is 43.0 Å². The summed E-state index contributed by atoms with van der Waals surface area (Å²) < 4.78 is 4.78. The summed E-state index contributed by atoms with van der Waals surface area (Å²) in [5.74, 6) is -0.342. The molecule has 2 nitrogen and oxygen atoms in total. The summed E-state index contributed by atoms with van der Waals surface area (Å²) in [5, 5.41) is 0. The minimum atomic E-state index is -0.342. The van der Waals surface area contributed by atoms with E-state index in [4.69, 9.17) is 4.74 Å². The molecule has 0 spiro atoms. The fraction of sp³-hybridized carbons (Fsp3) is 0.0909. The second kappa shape index (κ2) is 5.14. The monoisotopic (exact) mass is 175 g/mol. The van der Waals surface area contributed by atoms with Gasteiger partial charge in [0, 0.05) is 0 Å². The lowest BCUT2D eigenvalue weighted by Gasteiger charge is -2.00. The van der Waals surface area contributed by atoms with E-state index < -0.39 is 0 Å². The molecule has 0 atom stereocenters. The molecule has 0 bridgehead atoms. The second-order valence-corrected chi connectivity index (χ2v) is 2.47. The van der Waals surface area contributed by atoms with Crippen molar-refractivity contribution in [2.45, 2.75) is 0 Å². The van der Waals surface area contributed by atoms with Crippen molar-refractivity contribution in [3.63, 3.8) is 0 Å². The first-order valence-corrected chi connectivity index (χ1v) is 4.00. The van der Waals surface area contributed by atoms with Crippen LogP contribution < -0.4 is 0 Å². The Kier molecular flexibility index (Phi) is 3.76. The number of hydrogen-bond acceptors (Lipinski definition) is 2. The lowest BCUT2D eigenvalue weighted by atomic mass is 10.2. The van der Waals surface area contributed by atoms with E-state index in [1.807, 2.05) is 30.3 Å². The van der Waals surface area contributed by atoms with E-state index in [9.17, 15) is 4.79 Å². The van der Waals surface area contributed by atoms with Gasteiger partial charge in [-0.15, -0.1) is 0 Å². The van der Waals surface area contributed by atoms with E-state index in [-0.39, 0.29) is 12.6 Å². The maximum Gasteiger partial charge on any atom is 0.314 e. The maximum absolute atomic E-state index is 11.0. The first kappa shape index (κ1) is 9.52. The number of hydrogen-bond donors (Lipinski definition) is 0. The summed E-state index contributed by atoms with van der Waals surface area (Å²) >= 11 is 0. The fourth-order valence-corrected chi connectivity index (χ4v) is 0.868. The maximum atomic E-state index is 11.0. The van der Waals surface area contributed by atoms with Crippen LogP contribution in [0.25, 0.3) is 0 Å². The quantitative estimate of drug-likeness (QED) is 0.516. The standard InChI is InChI=1S/C11H11O2/c1-2-8-13-11(12)9-10-6-4-3-5-7-10/h2-7,9H,1,8H2. The van der Waals surface area contributed by atoms with E-state index in [2.05, 4.69) is 6.58 Å². The smallest absolute Gasteiger partial charge is 0.314 e. The van der Waals surface area contributed by atoms with Crippen molar-refractivity contribution >= 4 is 5.97 Å². The van der Waals surface area contributed by atoms with Gasteiger partial charge in [-0.2, -0.15) is 0 Å². The molecule has 0 heterocycles. The van der Waals surface area contributed by atoms with Gasteiger partial charge in [0.2, 0.25) is 0 Å². The van der Waals surface area contributed by atoms with E-state index in [1.165, 1.54) is 12.5 Å². The lowest BCUT2D eigenvalue weighted by molar-refractivity contribution is -0.137. The summed E-state index contributed by atoms with van der Waals surface area (Å²) in [4.78, 5) is 11.0. The minimum Gasteiger partial charge on any atom is -0.461 e. The average Bonchev–Trinajstić information content (AvgIpc) is 2.16. The zero-order valence-corrected chi connectivity index (χ0v) is 7.27. The van der Waals surface area contributed by atoms with Crippen LogP contribution in [-0.4, -0.2) is 12.6 Å². The Balaban J connectivity index is 2.41. The highest BCUT2D eigenvalue weighted by atomic mass is 16.5. The molecule has 0 N–H and O–H groups in total. The molecule has 0 saturated carbocycles. The van der Waals surface area contributed by atoms with Crippen molar-refractivity contribution in [2.75, 3.05) is 6.61 Å². The van der Waals surface area contributed by atoms with Crippen LogP contribution in [0.2, 0.25) is 0 Å². The van der Waals surface area contributed by atoms with Crippen LogP contribution in [0.3, 0.4) is 0 Å². The summed E-state index contributed by atoms with van der Waals surface area (Å²) in [6.45, 7) is 3.70.